The minimum atomic E-state index is 0.291. The Hall–Kier alpha value is -1.06. The highest BCUT2D eigenvalue weighted by atomic mass is 16.5. The van der Waals surface area contributed by atoms with Crippen LogP contribution in [-0.4, -0.2) is 42.4 Å². The first-order chi connectivity index (χ1) is 8.90. The molecule has 3 nitrogen and oxygen atoms in total. The van der Waals surface area contributed by atoms with Crippen LogP contribution in [-0.2, 0) is 0 Å². The Balaban J connectivity index is 1.65. The highest BCUT2D eigenvalue weighted by Gasteiger charge is 2.20. The first-order valence-electron chi connectivity index (χ1n) is 6.93. The van der Waals surface area contributed by atoms with Crippen molar-refractivity contribution in [1.29, 1.82) is 0 Å². The van der Waals surface area contributed by atoms with Crippen molar-refractivity contribution in [3.05, 3.63) is 30.3 Å². The number of benzene rings is 1. The fourth-order valence-corrected chi connectivity index (χ4v) is 2.54. The van der Waals surface area contributed by atoms with Gasteiger partial charge in [-0.1, -0.05) is 24.6 Å². The molecule has 3 heteroatoms. The van der Waals surface area contributed by atoms with Gasteiger partial charge in [-0.25, -0.2) is 0 Å². The maximum Gasteiger partial charge on any atom is 0.119 e. The van der Waals surface area contributed by atoms with Gasteiger partial charge in [0.15, 0.2) is 0 Å². The molecule has 2 rings (SSSR count). The van der Waals surface area contributed by atoms with Crippen molar-refractivity contribution in [2.75, 3.05) is 26.3 Å². The fourth-order valence-electron chi connectivity index (χ4n) is 2.54. The number of aliphatic hydroxyl groups excluding tert-OH is 1. The predicted molar refractivity (Wildman–Crippen MR) is 72.9 cm³/mol. The van der Waals surface area contributed by atoms with Crippen LogP contribution in [0.25, 0.3) is 0 Å². The first-order valence-corrected chi connectivity index (χ1v) is 6.93. The van der Waals surface area contributed by atoms with E-state index in [1.54, 1.807) is 0 Å². The van der Waals surface area contributed by atoms with E-state index in [9.17, 15) is 5.11 Å². The Labute approximate surface area is 109 Å². The zero-order valence-electron chi connectivity index (χ0n) is 10.9. The highest BCUT2D eigenvalue weighted by molar-refractivity contribution is 5.20. The number of piperidine rings is 1. The zero-order valence-corrected chi connectivity index (χ0v) is 10.9. The molecule has 1 heterocycles. The highest BCUT2D eigenvalue weighted by Crippen LogP contribution is 2.16. The van der Waals surface area contributed by atoms with Gasteiger partial charge < -0.3 is 9.84 Å². The zero-order chi connectivity index (χ0) is 12.6. The largest absolute Gasteiger partial charge is 0.494 e. The summed E-state index contributed by atoms with van der Waals surface area (Å²) in [5, 5.41) is 9.32. The molecule has 1 atom stereocenters. The molecule has 0 spiro atoms. The second-order valence-electron chi connectivity index (χ2n) is 4.88. The monoisotopic (exact) mass is 249 g/mol. The van der Waals surface area contributed by atoms with Crippen LogP contribution in [0.3, 0.4) is 0 Å². The predicted octanol–water partition coefficient (Wildman–Crippen LogP) is 2.30. The molecule has 0 aromatic heterocycles. The molecule has 0 radical (unpaired) electrons. The molecular weight excluding hydrogens is 226 g/mol. The Morgan fingerprint density at radius 2 is 2.06 bits per heavy atom. The quantitative estimate of drug-likeness (QED) is 0.785. The third-order valence-electron chi connectivity index (χ3n) is 3.56. The number of nitrogens with zero attached hydrogens (tertiary/aromatic N) is 1. The second-order valence-corrected chi connectivity index (χ2v) is 4.88. The molecule has 0 bridgehead atoms. The molecule has 100 valence electrons. The van der Waals surface area contributed by atoms with Crippen molar-refractivity contribution in [2.24, 2.45) is 0 Å². The summed E-state index contributed by atoms with van der Waals surface area (Å²) < 4.78 is 5.68. The number of para-hydroxylation sites is 1. The Bertz CT molecular complexity index is 329. The molecule has 1 N–H and O–H groups in total. The van der Waals surface area contributed by atoms with Crippen molar-refractivity contribution in [3.63, 3.8) is 0 Å². The molecule has 18 heavy (non-hydrogen) atoms. The fraction of sp³-hybridized carbons (Fsp3) is 0.600. The van der Waals surface area contributed by atoms with Crippen molar-refractivity contribution in [1.82, 2.24) is 4.90 Å². The summed E-state index contributed by atoms with van der Waals surface area (Å²) in [6.45, 7) is 3.19. The lowest BCUT2D eigenvalue weighted by Crippen LogP contribution is -2.42. The first kappa shape index (κ1) is 13.4. The SMILES string of the molecule is OCC1CCCCN1CCCOc1ccccc1. The maximum atomic E-state index is 9.32. The molecule has 1 saturated heterocycles. The molecule has 1 aliphatic heterocycles. The molecule has 1 unspecified atom stereocenters. The van der Waals surface area contributed by atoms with Crippen LogP contribution in [0.5, 0.6) is 5.75 Å². The molecule has 1 aliphatic rings. The summed E-state index contributed by atoms with van der Waals surface area (Å²) in [7, 11) is 0. The topological polar surface area (TPSA) is 32.7 Å². The summed E-state index contributed by atoms with van der Waals surface area (Å²) >= 11 is 0. The van der Waals surface area contributed by atoms with E-state index in [0.29, 0.717) is 12.6 Å². The third-order valence-corrected chi connectivity index (χ3v) is 3.56. The molecule has 0 saturated carbocycles. The summed E-state index contributed by atoms with van der Waals surface area (Å²) in [6, 6.07) is 10.3. The van der Waals surface area contributed by atoms with Crippen LogP contribution in [0.4, 0.5) is 0 Å². The average molecular weight is 249 g/mol. The summed E-state index contributed by atoms with van der Waals surface area (Å²) in [4.78, 5) is 2.40. The summed E-state index contributed by atoms with van der Waals surface area (Å²) in [5.41, 5.74) is 0. The van der Waals surface area contributed by atoms with Crippen molar-refractivity contribution in [3.8, 4) is 5.75 Å². The van der Waals surface area contributed by atoms with E-state index in [4.69, 9.17) is 4.74 Å². The van der Waals surface area contributed by atoms with Crippen LogP contribution in [0.1, 0.15) is 25.7 Å². The standard InChI is InChI=1S/C15H23NO2/c17-13-14-7-4-5-10-16(14)11-6-12-18-15-8-2-1-3-9-15/h1-3,8-9,14,17H,4-7,10-13H2. The number of ether oxygens (including phenoxy) is 1. The van der Waals surface area contributed by atoms with E-state index >= 15 is 0 Å². The molecule has 1 aromatic carbocycles. The van der Waals surface area contributed by atoms with Crippen LogP contribution in [0, 0.1) is 0 Å². The van der Waals surface area contributed by atoms with Gasteiger partial charge in [0.1, 0.15) is 5.75 Å². The van der Waals surface area contributed by atoms with Gasteiger partial charge in [-0.15, -0.1) is 0 Å². The second kappa shape index (κ2) is 7.39. The van der Waals surface area contributed by atoms with Gasteiger partial charge in [0.25, 0.3) is 0 Å². The van der Waals surface area contributed by atoms with Gasteiger partial charge in [-0.3, -0.25) is 4.90 Å². The number of hydrogen-bond donors (Lipinski definition) is 1. The van der Waals surface area contributed by atoms with E-state index < -0.39 is 0 Å². The Kier molecular flexibility index (Phi) is 5.49. The lowest BCUT2D eigenvalue weighted by atomic mass is 10.0. The average Bonchev–Trinajstić information content (AvgIpc) is 2.45. The normalized spacial score (nSPS) is 20.8. The van der Waals surface area contributed by atoms with Gasteiger partial charge >= 0.3 is 0 Å². The lowest BCUT2D eigenvalue weighted by molar-refractivity contribution is 0.0851. The van der Waals surface area contributed by atoms with Crippen LogP contribution in [0.15, 0.2) is 30.3 Å². The van der Waals surface area contributed by atoms with Crippen LogP contribution < -0.4 is 4.74 Å². The molecule has 1 aromatic rings. The summed E-state index contributed by atoms with van der Waals surface area (Å²) in [5.74, 6) is 0.940. The molecule has 1 fully saturated rings. The summed E-state index contributed by atoms with van der Waals surface area (Å²) in [6.07, 6.45) is 4.67. The van der Waals surface area contributed by atoms with Crippen LogP contribution >= 0.6 is 0 Å². The Morgan fingerprint density at radius 3 is 2.83 bits per heavy atom. The third kappa shape index (κ3) is 4.00. The number of hydrogen-bond acceptors (Lipinski definition) is 3. The number of rotatable bonds is 6. The Morgan fingerprint density at radius 1 is 1.22 bits per heavy atom. The van der Waals surface area contributed by atoms with Gasteiger partial charge in [-0.05, 0) is 37.9 Å². The molecule has 0 aliphatic carbocycles. The van der Waals surface area contributed by atoms with Crippen molar-refractivity contribution < 1.29 is 9.84 Å². The molecule has 0 amide bonds. The maximum absolute atomic E-state index is 9.32. The minimum absolute atomic E-state index is 0.291. The van der Waals surface area contributed by atoms with E-state index in [-0.39, 0.29) is 0 Å². The number of likely N-dealkylation sites (tertiary alicyclic amines) is 1. The minimum Gasteiger partial charge on any atom is -0.494 e. The van der Waals surface area contributed by atoms with Gasteiger partial charge in [0, 0.05) is 12.6 Å². The smallest absolute Gasteiger partial charge is 0.119 e. The van der Waals surface area contributed by atoms with E-state index in [0.717, 1.165) is 38.3 Å². The number of aliphatic hydroxyl groups is 1. The van der Waals surface area contributed by atoms with E-state index in [1.165, 1.54) is 12.8 Å². The van der Waals surface area contributed by atoms with Crippen LogP contribution in [0.2, 0.25) is 0 Å². The van der Waals surface area contributed by atoms with Gasteiger partial charge in [-0.2, -0.15) is 0 Å². The van der Waals surface area contributed by atoms with E-state index in [2.05, 4.69) is 4.90 Å². The lowest BCUT2D eigenvalue weighted by Gasteiger charge is -2.34. The van der Waals surface area contributed by atoms with Crippen molar-refractivity contribution in [2.45, 2.75) is 31.7 Å². The van der Waals surface area contributed by atoms with E-state index in [1.807, 2.05) is 30.3 Å². The van der Waals surface area contributed by atoms with Crippen molar-refractivity contribution >= 4 is 0 Å². The van der Waals surface area contributed by atoms with Gasteiger partial charge in [0.05, 0.1) is 13.2 Å². The van der Waals surface area contributed by atoms with Gasteiger partial charge in [0.2, 0.25) is 0 Å². The molecular formula is C15H23NO2.